The first-order valence-corrected chi connectivity index (χ1v) is 8.96. The van der Waals surface area contributed by atoms with E-state index in [1.807, 2.05) is 0 Å². The quantitative estimate of drug-likeness (QED) is 0.827. The molecular formula is C14H16FN5O4S. The second-order valence-corrected chi connectivity index (χ2v) is 7.44. The lowest BCUT2D eigenvalue weighted by Crippen LogP contribution is -2.37. The van der Waals surface area contributed by atoms with Gasteiger partial charge in [0.2, 0.25) is 21.5 Å². The first-order chi connectivity index (χ1) is 11.9. The molecule has 3 rings (SSSR count). The van der Waals surface area contributed by atoms with Gasteiger partial charge in [0.05, 0.1) is 4.90 Å². The summed E-state index contributed by atoms with van der Waals surface area (Å²) in [5.41, 5.74) is 5.43. The van der Waals surface area contributed by atoms with E-state index < -0.39 is 21.7 Å². The Bertz CT molecular complexity index is 868. The Labute approximate surface area is 143 Å². The maximum Gasteiger partial charge on any atom is 0.280 e. The average molecular weight is 369 g/mol. The predicted molar refractivity (Wildman–Crippen MR) is 84.4 cm³/mol. The Morgan fingerprint density at radius 3 is 2.48 bits per heavy atom. The first kappa shape index (κ1) is 17.3. The molecule has 25 heavy (non-hydrogen) atoms. The molecule has 0 spiro atoms. The minimum atomic E-state index is -3.76. The Balaban J connectivity index is 1.74. The van der Waals surface area contributed by atoms with Gasteiger partial charge in [0, 0.05) is 26.2 Å². The van der Waals surface area contributed by atoms with Crippen LogP contribution in [0.5, 0.6) is 0 Å². The van der Waals surface area contributed by atoms with Crippen LogP contribution < -0.4 is 5.73 Å². The Morgan fingerprint density at radius 2 is 1.84 bits per heavy atom. The second-order valence-electron chi connectivity index (χ2n) is 5.50. The highest BCUT2D eigenvalue weighted by Crippen LogP contribution is 2.19. The zero-order chi connectivity index (χ0) is 18.0. The molecular weight excluding hydrogens is 353 g/mol. The molecule has 0 aliphatic carbocycles. The van der Waals surface area contributed by atoms with Gasteiger partial charge in [-0.05, 0) is 41.0 Å². The highest BCUT2D eigenvalue weighted by atomic mass is 32.2. The number of rotatable bonds is 3. The van der Waals surface area contributed by atoms with Crippen LogP contribution in [0.2, 0.25) is 0 Å². The number of amides is 1. The van der Waals surface area contributed by atoms with E-state index >= 15 is 0 Å². The summed E-state index contributed by atoms with van der Waals surface area (Å²) in [7, 11) is -3.76. The van der Waals surface area contributed by atoms with E-state index in [1.54, 1.807) is 0 Å². The minimum Gasteiger partial charge on any atom is -0.379 e. The van der Waals surface area contributed by atoms with E-state index in [0.29, 0.717) is 13.0 Å². The molecule has 1 amide bonds. The number of carbonyl (C=O) groups is 1. The number of halogens is 1. The summed E-state index contributed by atoms with van der Waals surface area (Å²) in [6.07, 6.45) is 0.442. The lowest BCUT2D eigenvalue weighted by Gasteiger charge is -2.21. The smallest absolute Gasteiger partial charge is 0.280 e. The summed E-state index contributed by atoms with van der Waals surface area (Å²) in [4.78, 5) is 13.8. The molecule has 11 heteroatoms. The monoisotopic (exact) mass is 369 g/mol. The highest BCUT2D eigenvalue weighted by Gasteiger charge is 2.30. The van der Waals surface area contributed by atoms with E-state index in [0.717, 1.165) is 12.1 Å². The zero-order valence-corrected chi connectivity index (χ0v) is 13.9. The van der Waals surface area contributed by atoms with Crippen LogP contribution in [0.25, 0.3) is 0 Å². The SMILES string of the molecule is Nc1nonc1C(=O)N1CCCN(S(=O)(=O)c2ccc(F)cc2)CC1. The summed E-state index contributed by atoms with van der Waals surface area (Å²) in [5.74, 6) is -1.07. The number of hydrogen-bond donors (Lipinski definition) is 1. The third kappa shape index (κ3) is 3.46. The predicted octanol–water partition coefficient (Wildman–Crippen LogP) is 0.328. The summed E-state index contributed by atoms with van der Waals surface area (Å²) in [6, 6.07) is 4.64. The first-order valence-electron chi connectivity index (χ1n) is 7.52. The highest BCUT2D eigenvalue weighted by molar-refractivity contribution is 7.89. The van der Waals surface area contributed by atoms with E-state index in [9.17, 15) is 17.6 Å². The summed E-state index contributed by atoms with van der Waals surface area (Å²) >= 11 is 0. The molecule has 0 bridgehead atoms. The second kappa shape index (κ2) is 6.76. The molecule has 134 valence electrons. The van der Waals surface area contributed by atoms with Crippen LogP contribution in [0.4, 0.5) is 10.2 Å². The van der Waals surface area contributed by atoms with Crippen LogP contribution in [-0.2, 0) is 10.0 Å². The Morgan fingerprint density at radius 1 is 1.12 bits per heavy atom. The van der Waals surface area contributed by atoms with Crippen molar-refractivity contribution < 1.29 is 22.2 Å². The fourth-order valence-electron chi connectivity index (χ4n) is 2.59. The number of nitrogens with zero attached hydrogens (tertiary/aromatic N) is 4. The Hall–Kier alpha value is -2.53. The van der Waals surface area contributed by atoms with Gasteiger partial charge in [-0.15, -0.1) is 0 Å². The van der Waals surface area contributed by atoms with Crippen molar-refractivity contribution in [3.8, 4) is 0 Å². The summed E-state index contributed by atoms with van der Waals surface area (Å²) < 4.78 is 44.0. The normalized spacial score (nSPS) is 16.6. The molecule has 9 nitrogen and oxygen atoms in total. The summed E-state index contributed by atoms with van der Waals surface area (Å²) in [6.45, 7) is 0.874. The number of sulfonamides is 1. The maximum atomic E-state index is 13.0. The van der Waals surface area contributed by atoms with Gasteiger partial charge in [-0.3, -0.25) is 4.79 Å². The zero-order valence-electron chi connectivity index (χ0n) is 13.1. The van der Waals surface area contributed by atoms with E-state index in [2.05, 4.69) is 14.9 Å². The summed E-state index contributed by atoms with van der Waals surface area (Å²) in [5, 5.41) is 6.84. The van der Waals surface area contributed by atoms with Gasteiger partial charge >= 0.3 is 0 Å². The van der Waals surface area contributed by atoms with Crippen molar-refractivity contribution in [3.63, 3.8) is 0 Å². The van der Waals surface area contributed by atoms with Crippen molar-refractivity contribution in [2.45, 2.75) is 11.3 Å². The molecule has 2 aromatic rings. The number of nitrogens with two attached hydrogens (primary N) is 1. The fraction of sp³-hybridized carbons (Fsp3) is 0.357. The molecule has 1 saturated heterocycles. The van der Waals surface area contributed by atoms with Gasteiger partial charge in [0.15, 0.2) is 0 Å². The number of nitrogen functional groups attached to an aromatic ring is 1. The number of aromatic nitrogens is 2. The van der Waals surface area contributed by atoms with Gasteiger partial charge in [-0.2, -0.15) is 4.31 Å². The third-order valence-electron chi connectivity index (χ3n) is 3.91. The van der Waals surface area contributed by atoms with Crippen molar-refractivity contribution >= 4 is 21.7 Å². The van der Waals surface area contributed by atoms with Gasteiger partial charge in [-0.1, -0.05) is 0 Å². The van der Waals surface area contributed by atoms with Gasteiger partial charge in [-0.25, -0.2) is 17.4 Å². The number of hydrogen-bond acceptors (Lipinski definition) is 7. The molecule has 0 atom stereocenters. The minimum absolute atomic E-state index is 0.0126. The molecule has 1 aliphatic rings. The standard InChI is InChI=1S/C14H16FN5O4S/c15-10-2-4-11(5-3-10)25(22,23)20-7-1-6-19(8-9-20)14(21)12-13(16)18-24-17-12/h2-5H,1,6-9H2,(H2,16,18). The van der Waals surface area contributed by atoms with Crippen LogP contribution in [0.3, 0.4) is 0 Å². The fourth-order valence-corrected chi connectivity index (χ4v) is 4.06. The van der Waals surface area contributed by atoms with E-state index in [4.69, 9.17) is 5.73 Å². The largest absolute Gasteiger partial charge is 0.379 e. The molecule has 1 aromatic heterocycles. The number of benzene rings is 1. The molecule has 2 N–H and O–H groups in total. The van der Waals surface area contributed by atoms with Crippen molar-refractivity contribution in [1.29, 1.82) is 0 Å². The molecule has 1 aliphatic heterocycles. The molecule has 0 saturated carbocycles. The number of anilines is 1. The van der Waals surface area contributed by atoms with Crippen molar-refractivity contribution in [1.82, 2.24) is 19.5 Å². The molecule has 0 unspecified atom stereocenters. The van der Waals surface area contributed by atoms with Gasteiger partial charge in [0.25, 0.3) is 5.91 Å². The van der Waals surface area contributed by atoms with Crippen LogP contribution in [0.1, 0.15) is 16.9 Å². The molecule has 2 heterocycles. The molecule has 0 radical (unpaired) electrons. The van der Waals surface area contributed by atoms with Gasteiger partial charge < -0.3 is 10.6 Å². The molecule has 1 aromatic carbocycles. The van der Waals surface area contributed by atoms with E-state index in [1.165, 1.54) is 21.3 Å². The topological polar surface area (TPSA) is 123 Å². The van der Waals surface area contributed by atoms with Crippen molar-refractivity contribution in [3.05, 3.63) is 35.8 Å². The van der Waals surface area contributed by atoms with Crippen molar-refractivity contribution in [2.24, 2.45) is 0 Å². The lowest BCUT2D eigenvalue weighted by atomic mass is 10.3. The van der Waals surface area contributed by atoms with Crippen LogP contribution in [0.15, 0.2) is 33.8 Å². The Kier molecular flexibility index (Phi) is 4.68. The average Bonchev–Trinajstić information content (AvgIpc) is 2.86. The lowest BCUT2D eigenvalue weighted by molar-refractivity contribution is 0.0754. The van der Waals surface area contributed by atoms with Crippen LogP contribution in [-0.4, -0.2) is 60.0 Å². The third-order valence-corrected chi connectivity index (χ3v) is 5.82. The van der Waals surface area contributed by atoms with Gasteiger partial charge in [0.1, 0.15) is 5.82 Å². The van der Waals surface area contributed by atoms with E-state index in [-0.39, 0.29) is 36.0 Å². The maximum absolute atomic E-state index is 13.0. The number of carbonyl (C=O) groups excluding carboxylic acids is 1. The molecule has 1 fully saturated rings. The van der Waals surface area contributed by atoms with Crippen molar-refractivity contribution in [2.75, 3.05) is 31.9 Å². The van der Waals surface area contributed by atoms with Crippen LogP contribution in [0, 0.1) is 5.82 Å². The van der Waals surface area contributed by atoms with Crippen LogP contribution >= 0.6 is 0 Å².